The van der Waals surface area contributed by atoms with Gasteiger partial charge in [0, 0.05) is 26.9 Å². The molecule has 0 aromatic heterocycles. The van der Waals surface area contributed by atoms with E-state index in [0.717, 1.165) is 6.42 Å². The zero-order valence-electron chi connectivity index (χ0n) is 12.0. The number of hydrogen-bond donors (Lipinski definition) is 1. The van der Waals surface area contributed by atoms with Gasteiger partial charge in [0.1, 0.15) is 5.54 Å². The summed E-state index contributed by atoms with van der Waals surface area (Å²) >= 11 is 0. The van der Waals surface area contributed by atoms with E-state index in [4.69, 9.17) is 9.47 Å². The molecular weight excluding hydrogens is 248 g/mol. The van der Waals surface area contributed by atoms with Gasteiger partial charge in [0.2, 0.25) is 11.8 Å². The molecule has 0 spiro atoms. The summed E-state index contributed by atoms with van der Waals surface area (Å²) in [4.78, 5) is 25.4. The van der Waals surface area contributed by atoms with E-state index in [2.05, 4.69) is 5.32 Å². The van der Waals surface area contributed by atoms with Crippen molar-refractivity contribution in [3.8, 4) is 0 Å². The molecule has 0 aromatic carbocycles. The maximum atomic E-state index is 12.2. The third-order valence-electron chi connectivity index (χ3n) is 3.36. The van der Waals surface area contributed by atoms with Gasteiger partial charge in [-0.05, 0) is 19.8 Å². The van der Waals surface area contributed by atoms with Crippen LogP contribution in [0.15, 0.2) is 0 Å². The summed E-state index contributed by atoms with van der Waals surface area (Å²) < 4.78 is 10.3. The van der Waals surface area contributed by atoms with Crippen molar-refractivity contribution in [1.29, 1.82) is 0 Å². The average molecular weight is 272 g/mol. The normalized spacial score (nSPS) is 23.6. The number of piperazine rings is 1. The Balaban J connectivity index is 2.36. The molecule has 0 aromatic rings. The molecule has 0 saturated carbocycles. The maximum Gasteiger partial charge on any atom is 0.248 e. The molecule has 1 atom stereocenters. The second-order valence-electron chi connectivity index (χ2n) is 4.92. The third kappa shape index (κ3) is 4.47. The summed E-state index contributed by atoms with van der Waals surface area (Å²) in [7, 11) is 1.65. The summed E-state index contributed by atoms with van der Waals surface area (Å²) in [6.07, 6.45) is 1.42. The van der Waals surface area contributed by atoms with Gasteiger partial charge in [-0.25, -0.2) is 0 Å². The summed E-state index contributed by atoms with van der Waals surface area (Å²) in [6.45, 7) is 5.95. The number of carbonyl (C=O) groups is 2. The molecule has 1 rings (SSSR count). The van der Waals surface area contributed by atoms with Gasteiger partial charge >= 0.3 is 0 Å². The number of amides is 2. The Morgan fingerprint density at radius 2 is 2.05 bits per heavy atom. The van der Waals surface area contributed by atoms with Gasteiger partial charge in [-0.15, -0.1) is 0 Å². The first kappa shape index (κ1) is 15.9. The predicted octanol–water partition coefficient (Wildman–Crippen LogP) is 0.167. The number of rotatable bonds is 8. The molecule has 1 aliphatic heterocycles. The van der Waals surface area contributed by atoms with Gasteiger partial charge in [0.25, 0.3) is 0 Å². The van der Waals surface area contributed by atoms with Crippen molar-refractivity contribution >= 4 is 11.8 Å². The maximum absolute atomic E-state index is 12.2. The van der Waals surface area contributed by atoms with Crippen LogP contribution in [-0.4, -0.2) is 62.3 Å². The standard InChI is InChI=1S/C13H24N2O4/c1-4-13(2)12(17)15(10-11(16)14-13)6-9-19-8-5-7-18-3/h4-10H2,1-3H3,(H,14,16). The Labute approximate surface area is 114 Å². The molecule has 110 valence electrons. The van der Waals surface area contributed by atoms with E-state index >= 15 is 0 Å². The first-order valence-corrected chi connectivity index (χ1v) is 6.70. The number of ether oxygens (including phenoxy) is 2. The molecule has 0 bridgehead atoms. The molecule has 19 heavy (non-hydrogen) atoms. The van der Waals surface area contributed by atoms with Gasteiger partial charge in [-0.2, -0.15) is 0 Å². The Bertz CT molecular complexity index is 322. The lowest BCUT2D eigenvalue weighted by Crippen LogP contribution is -2.65. The first-order chi connectivity index (χ1) is 9.03. The lowest BCUT2D eigenvalue weighted by atomic mass is 9.94. The Morgan fingerprint density at radius 3 is 2.68 bits per heavy atom. The largest absolute Gasteiger partial charge is 0.385 e. The second-order valence-corrected chi connectivity index (χ2v) is 4.92. The third-order valence-corrected chi connectivity index (χ3v) is 3.36. The highest BCUT2D eigenvalue weighted by Crippen LogP contribution is 2.17. The number of nitrogens with one attached hydrogen (secondary N) is 1. The SMILES string of the molecule is CCC1(C)NC(=O)CN(CCOCCCOC)C1=O. The molecule has 0 radical (unpaired) electrons. The van der Waals surface area contributed by atoms with Crippen LogP contribution in [0.2, 0.25) is 0 Å². The molecule has 1 N–H and O–H groups in total. The molecule has 0 aliphatic carbocycles. The number of methoxy groups -OCH3 is 1. The van der Waals surface area contributed by atoms with Crippen LogP contribution in [0.5, 0.6) is 0 Å². The van der Waals surface area contributed by atoms with Crippen LogP contribution in [0.3, 0.4) is 0 Å². The lowest BCUT2D eigenvalue weighted by Gasteiger charge is -2.39. The molecule has 6 heteroatoms. The fraction of sp³-hybridized carbons (Fsp3) is 0.846. The van der Waals surface area contributed by atoms with Crippen molar-refractivity contribution < 1.29 is 19.1 Å². The van der Waals surface area contributed by atoms with Crippen molar-refractivity contribution in [3.63, 3.8) is 0 Å². The quantitative estimate of drug-likeness (QED) is 0.639. The van der Waals surface area contributed by atoms with Crippen LogP contribution >= 0.6 is 0 Å². The van der Waals surface area contributed by atoms with Crippen LogP contribution in [0.25, 0.3) is 0 Å². The monoisotopic (exact) mass is 272 g/mol. The summed E-state index contributed by atoms with van der Waals surface area (Å²) in [5.41, 5.74) is -0.772. The van der Waals surface area contributed by atoms with Crippen LogP contribution < -0.4 is 5.32 Å². The van der Waals surface area contributed by atoms with E-state index in [9.17, 15) is 9.59 Å². The molecule has 1 fully saturated rings. The van der Waals surface area contributed by atoms with Crippen LogP contribution in [-0.2, 0) is 19.1 Å². The van der Waals surface area contributed by atoms with E-state index in [1.165, 1.54) is 0 Å². The summed E-state index contributed by atoms with van der Waals surface area (Å²) in [5.74, 6) is -0.140. The van der Waals surface area contributed by atoms with E-state index in [-0.39, 0.29) is 18.4 Å². The van der Waals surface area contributed by atoms with Gasteiger partial charge in [-0.3, -0.25) is 9.59 Å². The highest BCUT2D eigenvalue weighted by molar-refractivity contribution is 5.97. The first-order valence-electron chi connectivity index (χ1n) is 6.70. The Hall–Kier alpha value is -1.14. The van der Waals surface area contributed by atoms with Crippen molar-refractivity contribution in [2.45, 2.75) is 32.2 Å². The molecule has 1 saturated heterocycles. The fourth-order valence-electron chi connectivity index (χ4n) is 2.00. The molecule has 6 nitrogen and oxygen atoms in total. The number of carbonyl (C=O) groups excluding carboxylic acids is 2. The van der Waals surface area contributed by atoms with Gasteiger partial charge in [-0.1, -0.05) is 6.92 Å². The number of nitrogens with zero attached hydrogens (tertiary/aromatic N) is 1. The average Bonchev–Trinajstić information content (AvgIpc) is 2.39. The van der Waals surface area contributed by atoms with Gasteiger partial charge < -0.3 is 19.7 Å². The lowest BCUT2D eigenvalue weighted by molar-refractivity contribution is -0.150. The van der Waals surface area contributed by atoms with Crippen molar-refractivity contribution in [3.05, 3.63) is 0 Å². The van der Waals surface area contributed by atoms with Crippen molar-refractivity contribution in [2.75, 3.05) is 40.0 Å². The Morgan fingerprint density at radius 1 is 1.32 bits per heavy atom. The van der Waals surface area contributed by atoms with E-state index in [1.54, 1.807) is 18.9 Å². The van der Waals surface area contributed by atoms with E-state index in [1.807, 2.05) is 6.92 Å². The van der Waals surface area contributed by atoms with Crippen molar-refractivity contribution in [2.24, 2.45) is 0 Å². The molecule has 1 unspecified atom stereocenters. The van der Waals surface area contributed by atoms with E-state index < -0.39 is 5.54 Å². The molecule has 2 amide bonds. The van der Waals surface area contributed by atoms with Crippen LogP contribution in [0.1, 0.15) is 26.7 Å². The zero-order valence-corrected chi connectivity index (χ0v) is 12.0. The molecular formula is C13H24N2O4. The molecule has 1 aliphatic rings. The molecule has 1 heterocycles. The minimum absolute atomic E-state index is 0.0323. The second kappa shape index (κ2) is 7.45. The zero-order chi connectivity index (χ0) is 14.3. The summed E-state index contributed by atoms with van der Waals surface area (Å²) in [5, 5.41) is 2.75. The summed E-state index contributed by atoms with van der Waals surface area (Å²) in [6, 6.07) is 0. The number of hydrogen-bond acceptors (Lipinski definition) is 4. The van der Waals surface area contributed by atoms with Crippen LogP contribution in [0.4, 0.5) is 0 Å². The topological polar surface area (TPSA) is 67.9 Å². The Kier molecular flexibility index (Phi) is 6.24. The highest BCUT2D eigenvalue weighted by atomic mass is 16.5. The van der Waals surface area contributed by atoms with Gasteiger partial charge in [0.15, 0.2) is 0 Å². The van der Waals surface area contributed by atoms with Crippen molar-refractivity contribution in [1.82, 2.24) is 10.2 Å². The fourth-order valence-corrected chi connectivity index (χ4v) is 2.00. The minimum atomic E-state index is -0.772. The van der Waals surface area contributed by atoms with Gasteiger partial charge in [0.05, 0.1) is 13.2 Å². The smallest absolute Gasteiger partial charge is 0.248 e. The minimum Gasteiger partial charge on any atom is -0.385 e. The highest BCUT2D eigenvalue weighted by Gasteiger charge is 2.41. The van der Waals surface area contributed by atoms with E-state index in [0.29, 0.717) is 32.8 Å². The van der Waals surface area contributed by atoms with Crippen LogP contribution in [0, 0.1) is 0 Å². The predicted molar refractivity (Wildman–Crippen MR) is 70.7 cm³/mol.